The zero-order valence-corrected chi connectivity index (χ0v) is 15.3. The highest BCUT2D eigenvalue weighted by Gasteiger charge is 2.27. The molecule has 0 atom stereocenters. The fourth-order valence-electron chi connectivity index (χ4n) is 3.26. The summed E-state index contributed by atoms with van der Waals surface area (Å²) in [7, 11) is 0. The SMILES string of the molecule is Cc1cc(C(=O)N2CCC(Oc3ccc(-n4cccn4)nn3)CC2)c(C)o1. The molecule has 0 aromatic carbocycles. The molecule has 3 aromatic heterocycles. The highest BCUT2D eigenvalue weighted by Crippen LogP contribution is 2.21. The molecule has 1 fully saturated rings. The average Bonchev–Trinajstić information content (AvgIpc) is 3.32. The van der Waals surface area contributed by atoms with Gasteiger partial charge in [-0.3, -0.25) is 4.79 Å². The zero-order valence-electron chi connectivity index (χ0n) is 15.3. The van der Waals surface area contributed by atoms with Crippen LogP contribution < -0.4 is 4.74 Å². The number of carbonyl (C=O) groups excluding carboxylic acids is 1. The van der Waals surface area contributed by atoms with E-state index in [2.05, 4.69) is 15.3 Å². The molecule has 140 valence electrons. The molecule has 27 heavy (non-hydrogen) atoms. The molecule has 4 rings (SSSR count). The molecule has 0 aliphatic carbocycles. The van der Waals surface area contributed by atoms with Gasteiger partial charge in [0.2, 0.25) is 5.88 Å². The maximum atomic E-state index is 12.6. The Bertz CT molecular complexity index is 909. The van der Waals surface area contributed by atoms with E-state index < -0.39 is 0 Å². The standard InChI is InChI=1S/C19H21N5O3/c1-13-12-16(14(2)26-13)19(25)23-10-6-15(7-11-23)27-18-5-4-17(21-22-18)24-9-3-8-20-24/h3-5,8-9,12,15H,6-7,10-11H2,1-2H3. The minimum Gasteiger partial charge on any atom is -0.473 e. The van der Waals surface area contributed by atoms with Crippen LogP contribution in [-0.2, 0) is 0 Å². The number of rotatable bonds is 4. The van der Waals surface area contributed by atoms with Crippen molar-refractivity contribution >= 4 is 5.91 Å². The van der Waals surface area contributed by atoms with E-state index in [1.165, 1.54) is 0 Å². The zero-order chi connectivity index (χ0) is 18.8. The first-order chi connectivity index (χ1) is 13.1. The molecule has 0 saturated carbocycles. The fraction of sp³-hybridized carbons (Fsp3) is 0.368. The van der Waals surface area contributed by atoms with Gasteiger partial charge in [-0.1, -0.05) is 0 Å². The van der Waals surface area contributed by atoms with Crippen molar-refractivity contribution in [3.05, 3.63) is 53.7 Å². The van der Waals surface area contributed by atoms with Crippen LogP contribution >= 0.6 is 0 Å². The lowest BCUT2D eigenvalue weighted by Crippen LogP contribution is -2.42. The van der Waals surface area contributed by atoms with E-state index in [0.717, 1.165) is 18.6 Å². The van der Waals surface area contributed by atoms with Crippen LogP contribution in [0.4, 0.5) is 0 Å². The van der Waals surface area contributed by atoms with Gasteiger partial charge in [-0.25, -0.2) is 4.68 Å². The summed E-state index contributed by atoms with van der Waals surface area (Å²) in [6.45, 7) is 4.96. The second-order valence-corrected chi connectivity index (χ2v) is 6.62. The van der Waals surface area contributed by atoms with E-state index >= 15 is 0 Å². The van der Waals surface area contributed by atoms with E-state index in [-0.39, 0.29) is 12.0 Å². The summed E-state index contributed by atoms with van der Waals surface area (Å²) in [5.41, 5.74) is 0.645. The third-order valence-corrected chi connectivity index (χ3v) is 4.65. The number of hydrogen-bond donors (Lipinski definition) is 0. The first kappa shape index (κ1) is 17.3. The van der Waals surface area contributed by atoms with E-state index in [9.17, 15) is 4.79 Å². The van der Waals surface area contributed by atoms with E-state index in [1.54, 1.807) is 29.2 Å². The molecule has 0 spiro atoms. The van der Waals surface area contributed by atoms with Gasteiger partial charge in [0.1, 0.15) is 17.6 Å². The van der Waals surface area contributed by atoms with Crippen LogP contribution in [0.5, 0.6) is 5.88 Å². The maximum Gasteiger partial charge on any atom is 0.257 e. The Morgan fingerprint density at radius 2 is 2.04 bits per heavy atom. The van der Waals surface area contributed by atoms with Gasteiger partial charge in [-0.15, -0.1) is 10.2 Å². The van der Waals surface area contributed by atoms with Gasteiger partial charge in [0, 0.05) is 44.4 Å². The predicted octanol–water partition coefficient (Wildman–Crippen LogP) is 2.56. The Morgan fingerprint density at radius 1 is 1.22 bits per heavy atom. The summed E-state index contributed by atoms with van der Waals surface area (Å²) in [5, 5.41) is 12.4. The lowest BCUT2D eigenvalue weighted by Gasteiger charge is -2.31. The number of hydrogen-bond acceptors (Lipinski definition) is 6. The number of aromatic nitrogens is 4. The van der Waals surface area contributed by atoms with Crippen LogP contribution in [0.3, 0.4) is 0 Å². The van der Waals surface area contributed by atoms with Crippen molar-refractivity contribution < 1.29 is 13.9 Å². The Labute approximate surface area is 156 Å². The summed E-state index contributed by atoms with van der Waals surface area (Å²) in [5.74, 6) is 2.57. The Hall–Kier alpha value is -3.16. The Kier molecular flexibility index (Phi) is 4.62. The number of piperidine rings is 1. The molecule has 0 N–H and O–H groups in total. The van der Waals surface area contributed by atoms with E-state index in [4.69, 9.17) is 9.15 Å². The third-order valence-electron chi connectivity index (χ3n) is 4.65. The smallest absolute Gasteiger partial charge is 0.257 e. The lowest BCUT2D eigenvalue weighted by atomic mass is 10.1. The van der Waals surface area contributed by atoms with Crippen LogP contribution in [0.25, 0.3) is 5.82 Å². The van der Waals surface area contributed by atoms with Crippen molar-refractivity contribution in [1.82, 2.24) is 24.9 Å². The monoisotopic (exact) mass is 367 g/mol. The highest BCUT2D eigenvalue weighted by molar-refractivity contribution is 5.95. The molecular weight excluding hydrogens is 346 g/mol. The summed E-state index contributed by atoms with van der Waals surface area (Å²) in [6.07, 6.45) is 5.02. The molecular formula is C19H21N5O3. The second kappa shape index (κ2) is 7.22. The van der Waals surface area contributed by atoms with Crippen LogP contribution in [0.2, 0.25) is 0 Å². The van der Waals surface area contributed by atoms with Crippen LogP contribution in [0.15, 0.2) is 41.1 Å². The van der Waals surface area contributed by atoms with Gasteiger partial charge in [-0.2, -0.15) is 5.10 Å². The Balaban J connectivity index is 1.33. The van der Waals surface area contributed by atoms with Crippen molar-refractivity contribution in [3.8, 4) is 11.7 Å². The number of aryl methyl sites for hydroxylation is 2. The molecule has 1 aliphatic rings. The molecule has 3 aromatic rings. The number of furan rings is 1. The minimum absolute atomic E-state index is 0.0195. The summed E-state index contributed by atoms with van der Waals surface area (Å²) >= 11 is 0. The fourth-order valence-corrected chi connectivity index (χ4v) is 3.26. The molecule has 0 bridgehead atoms. The number of carbonyl (C=O) groups is 1. The molecule has 8 nitrogen and oxygen atoms in total. The molecule has 4 heterocycles. The van der Waals surface area contributed by atoms with Crippen LogP contribution in [0, 0.1) is 13.8 Å². The van der Waals surface area contributed by atoms with Gasteiger partial charge < -0.3 is 14.1 Å². The number of amides is 1. The lowest BCUT2D eigenvalue weighted by molar-refractivity contribution is 0.0584. The number of likely N-dealkylation sites (tertiary alicyclic amines) is 1. The maximum absolute atomic E-state index is 12.6. The molecule has 1 aliphatic heterocycles. The van der Waals surface area contributed by atoms with Crippen molar-refractivity contribution in [1.29, 1.82) is 0 Å². The van der Waals surface area contributed by atoms with Crippen molar-refractivity contribution in [2.75, 3.05) is 13.1 Å². The largest absolute Gasteiger partial charge is 0.473 e. The Morgan fingerprint density at radius 3 is 2.63 bits per heavy atom. The topological polar surface area (TPSA) is 86.3 Å². The van der Waals surface area contributed by atoms with Gasteiger partial charge >= 0.3 is 0 Å². The minimum atomic E-state index is 0.0195. The molecule has 8 heteroatoms. The number of nitrogens with zero attached hydrogens (tertiary/aromatic N) is 5. The normalized spacial score (nSPS) is 15.1. The van der Waals surface area contributed by atoms with Gasteiger partial charge in [0.15, 0.2) is 5.82 Å². The van der Waals surface area contributed by atoms with Crippen LogP contribution in [0.1, 0.15) is 34.7 Å². The van der Waals surface area contributed by atoms with E-state index in [0.29, 0.717) is 36.1 Å². The highest BCUT2D eigenvalue weighted by atomic mass is 16.5. The van der Waals surface area contributed by atoms with Crippen molar-refractivity contribution in [2.24, 2.45) is 0 Å². The summed E-state index contributed by atoms with van der Waals surface area (Å²) in [4.78, 5) is 14.5. The molecule has 0 radical (unpaired) electrons. The molecule has 1 amide bonds. The molecule has 0 unspecified atom stereocenters. The summed E-state index contributed by atoms with van der Waals surface area (Å²) < 4.78 is 13.0. The second-order valence-electron chi connectivity index (χ2n) is 6.62. The van der Waals surface area contributed by atoms with Gasteiger partial charge in [0.25, 0.3) is 5.91 Å². The third kappa shape index (κ3) is 3.69. The number of ether oxygens (including phenoxy) is 1. The first-order valence-corrected chi connectivity index (χ1v) is 8.97. The van der Waals surface area contributed by atoms with Crippen LogP contribution in [-0.4, -0.2) is 50.0 Å². The summed E-state index contributed by atoms with van der Waals surface area (Å²) in [6, 6.07) is 7.24. The van der Waals surface area contributed by atoms with E-state index in [1.807, 2.05) is 30.9 Å². The predicted molar refractivity (Wildman–Crippen MR) is 96.9 cm³/mol. The van der Waals surface area contributed by atoms with Crippen molar-refractivity contribution in [2.45, 2.75) is 32.8 Å². The molecule has 1 saturated heterocycles. The quantitative estimate of drug-likeness (QED) is 0.704. The average molecular weight is 367 g/mol. The van der Waals surface area contributed by atoms with Crippen molar-refractivity contribution in [3.63, 3.8) is 0 Å². The first-order valence-electron chi connectivity index (χ1n) is 8.97. The van der Waals surface area contributed by atoms with Gasteiger partial charge in [0.05, 0.1) is 5.56 Å². The van der Waals surface area contributed by atoms with Gasteiger partial charge in [-0.05, 0) is 32.0 Å².